The number of nitrogens with one attached hydrogen (secondary N) is 1. The molecule has 3 heterocycles. The van der Waals surface area contributed by atoms with Crippen molar-refractivity contribution in [2.24, 2.45) is 0 Å². The Morgan fingerprint density at radius 1 is 1.14 bits per heavy atom. The van der Waals surface area contributed by atoms with Crippen LogP contribution in [0.15, 0.2) is 35.7 Å². The number of methoxy groups -OCH3 is 1. The number of benzene rings is 1. The highest BCUT2D eigenvalue weighted by Crippen LogP contribution is 2.24. The second kappa shape index (κ2) is 9.00. The lowest BCUT2D eigenvalue weighted by Crippen LogP contribution is -2.48. The summed E-state index contributed by atoms with van der Waals surface area (Å²) in [4.78, 5) is 33.8. The van der Waals surface area contributed by atoms with Gasteiger partial charge in [-0.25, -0.2) is 9.78 Å². The zero-order valence-corrected chi connectivity index (χ0v) is 17.7. The van der Waals surface area contributed by atoms with Crippen LogP contribution in [0, 0.1) is 0 Å². The summed E-state index contributed by atoms with van der Waals surface area (Å²) < 4.78 is 5.97. The number of carbonyl (C=O) groups is 2. The summed E-state index contributed by atoms with van der Waals surface area (Å²) in [5, 5.41) is 5.72. The maximum atomic E-state index is 12.4. The van der Waals surface area contributed by atoms with Gasteiger partial charge in [0.2, 0.25) is 5.91 Å². The third-order valence-electron chi connectivity index (χ3n) is 4.84. The predicted molar refractivity (Wildman–Crippen MR) is 116 cm³/mol. The summed E-state index contributed by atoms with van der Waals surface area (Å²) in [6.07, 6.45) is 0. The van der Waals surface area contributed by atoms with E-state index in [0.29, 0.717) is 17.1 Å². The molecule has 2 aromatic heterocycles. The first-order chi connectivity index (χ1) is 14.1. The molecule has 9 heteroatoms. The van der Waals surface area contributed by atoms with Gasteiger partial charge >= 0.3 is 5.97 Å². The SMILES string of the molecule is COC(=O)c1sccc1NC(=O)CN1CCN(Cc2nc3ccccc3s2)CC1. The molecule has 1 aromatic carbocycles. The Labute approximate surface area is 176 Å². The van der Waals surface area contributed by atoms with Crippen molar-refractivity contribution in [3.05, 3.63) is 45.6 Å². The van der Waals surface area contributed by atoms with E-state index in [1.54, 1.807) is 22.8 Å². The van der Waals surface area contributed by atoms with Gasteiger partial charge in [-0.15, -0.1) is 22.7 Å². The van der Waals surface area contributed by atoms with Crippen molar-refractivity contribution in [1.29, 1.82) is 0 Å². The molecular formula is C20H22N4O3S2. The first-order valence-electron chi connectivity index (χ1n) is 9.37. The van der Waals surface area contributed by atoms with Crippen molar-refractivity contribution in [3.8, 4) is 0 Å². The maximum absolute atomic E-state index is 12.4. The van der Waals surface area contributed by atoms with Crippen LogP contribution < -0.4 is 5.32 Å². The van der Waals surface area contributed by atoms with E-state index in [2.05, 4.69) is 21.2 Å². The van der Waals surface area contributed by atoms with E-state index in [1.165, 1.54) is 23.1 Å². The lowest BCUT2D eigenvalue weighted by molar-refractivity contribution is -0.117. The lowest BCUT2D eigenvalue weighted by Gasteiger charge is -2.33. The molecule has 1 aliphatic rings. The van der Waals surface area contributed by atoms with Crippen molar-refractivity contribution in [2.45, 2.75) is 6.54 Å². The third-order valence-corrected chi connectivity index (χ3v) is 6.75. The van der Waals surface area contributed by atoms with Gasteiger partial charge in [0.25, 0.3) is 0 Å². The maximum Gasteiger partial charge on any atom is 0.350 e. The topological polar surface area (TPSA) is 74.8 Å². The van der Waals surface area contributed by atoms with Crippen molar-refractivity contribution in [1.82, 2.24) is 14.8 Å². The van der Waals surface area contributed by atoms with E-state index in [1.807, 2.05) is 18.2 Å². The van der Waals surface area contributed by atoms with Crippen LogP contribution in [-0.2, 0) is 16.1 Å². The number of aromatic nitrogens is 1. The Kier molecular flexibility index (Phi) is 6.19. The van der Waals surface area contributed by atoms with Crippen molar-refractivity contribution in [2.75, 3.05) is 45.2 Å². The highest BCUT2D eigenvalue weighted by molar-refractivity contribution is 7.18. The number of thiophene rings is 1. The standard InChI is InChI=1S/C20H22N4O3S2/c1-27-20(26)19-15(6-11-28-19)21-17(25)12-23-7-9-24(10-8-23)13-18-22-14-4-2-3-5-16(14)29-18/h2-6,11H,7-10,12-13H2,1H3,(H,21,25). The molecule has 0 spiro atoms. The number of hydrogen-bond donors (Lipinski definition) is 1. The van der Waals surface area contributed by atoms with Gasteiger partial charge in [-0.3, -0.25) is 14.6 Å². The molecule has 152 valence electrons. The van der Waals surface area contributed by atoms with Crippen LogP contribution in [0.5, 0.6) is 0 Å². The van der Waals surface area contributed by atoms with Crippen molar-refractivity contribution < 1.29 is 14.3 Å². The Bertz CT molecular complexity index is 975. The molecule has 0 aliphatic carbocycles. The quantitative estimate of drug-likeness (QED) is 0.606. The second-order valence-corrected chi connectivity index (χ2v) is 8.86. The van der Waals surface area contributed by atoms with Gasteiger partial charge in [-0.1, -0.05) is 12.1 Å². The molecule has 1 amide bonds. The smallest absolute Gasteiger partial charge is 0.350 e. The molecule has 1 fully saturated rings. The molecule has 7 nitrogen and oxygen atoms in total. The number of amides is 1. The predicted octanol–water partition coefficient (Wildman–Crippen LogP) is 2.90. The van der Waals surface area contributed by atoms with Gasteiger partial charge in [-0.2, -0.15) is 0 Å². The fourth-order valence-corrected chi connectivity index (χ4v) is 5.11. The summed E-state index contributed by atoms with van der Waals surface area (Å²) in [7, 11) is 1.33. The van der Waals surface area contributed by atoms with E-state index in [-0.39, 0.29) is 5.91 Å². The minimum atomic E-state index is -0.432. The number of ether oxygens (including phenoxy) is 1. The number of fused-ring (bicyclic) bond motifs is 1. The van der Waals surface area contributed by atoms with Gasteiger partial charge < -0.3 is 10.1 Å². The van der Waals surface area contributed by atoms with E-state index < -0.39 is 5.97 Å². The number of anilines is 1. The van der Waals surface area contributed by atoms with Gasteiger partial charge in [0.05, 0.1) is 36.1 Å². The first kappa shape index (κ1) is 20.0. The Hall–Kier alpha value is -2.33. The summed E-state index contributed by atoms with van der Waals surface area (Å²) in [6.45, 7) is 4.60. The number of hydrogen-bond acceptors (Lipinski definition) is 8. The van der Waals surface area contributed by atoms with Crippen molar-refractivity contribution in [3.63, 3.8) is 0 Å². The minimum Gasteiger partial charge on any atom is -0.465 e. The molecule has 1 saturated heterocycles. The van der Waals surface area contributed by atoms with Crippen LogP contribution in [0.4, 0.5) is 5.69 Å². The number of thiazole rings is 1. The average Bonchev–Trinajstić information content (AvgIpc) is 3.35. The van der Waals surface area contributed by atoms with Crippen molar-refractivity contribution >= 4 is 50.5 Å². The molecule has 1 aliphatic heterocycles. The summed E-state index contributed by atoms with van der Waals surface area (Å²) in [6, 6.07) is 9.93. The van der Waals surface area contributed by atoms with Gasteiger partial charge in [0.1, 0.15) is 9.88 Å². The number of piperazine rings is 1. The number of rotatable bonds is 6. The highest BCUT2D eigenvalue weighted by Gasteiger charge is 2.21. The van der Waals surface area contributed by atoms with Crippen LogP contribution in [0.2, 0.25) is 0 Å². The molecule has 29 heavy (non-hydrogen) atoms. The van der Waals surface area contributed by atoms with Crippen LogP contribution in [0.3, 0.4) is 0 Å². The summed E-state index contributed by atoms with van der Waals surface area (Å²) in [5.74, 6) is -0.549. The Morgan fingerprint density at radius 3 is 2.66 bits per heavy atom. The fraction of sp³-hybridized carbons (Fsp3) is 0.350. The zero-order valence-electron chi connectivity index (χ0n) is 16.1. The fourth-order valence-electron chi connectivity index (χ4n) is 3.34. The molecule has 0 unspecified atom stereocenters. The van der Waals surface area contributed by atoms with Gasteiger partial charge in [0, 0.05) is 26.2 Å². The number of para-hydroxylation sites is 1. The number of esters is 1. The van der Waals surface area contributed by atoms with Gasteiger partial charge in [-0.05, 0) is 23.6 Å². The highest BCUT2D eigenvalue weighted by atomic mass is 32.1. The van der Waals surface area contributed by atoms with Crippen LogP contribution >= 0.6 is 22.7 Å². The molecular weight excluding hydrogens is 408 g/mol. The minimum absolute atomic E-state index is 0.117. The molecule has 1 N–H and O–H groups in total. The molecule has 0 saturated carbocycles. The van der Waals surface area contributed by atoms with Gasteiger partial charge in [0.15, 0.2) is 0 Å². The zero-order chi connectivity index (χ0) is 20.2. The van der Waals surface area contributed by atoms with Crippen LogP contribution in [-0.4, -0.2) is 66.5 Å². The summed E-state index contributed by atoms with van der Waals surface area (Å²) >= 11 is 3.00. The Balaban J connectivity index is 1.26. The second-order valence-electron chi connectivity index (χ2n) is 6.83. The Morgan fingerprint density at radius 2 is 1.90 bits per heavy atom. The largest absolute Gasteiger partial charge is 0.465 e. The van der Waals surface area contributed by atoms with Crippen LogP contribution in [0.25, 0.3) is 10.2 Å². The van der Waals surface area contributed by atoms with E-state index in [0.717, 1.165) is 43.2 Å². The monoisotopic (exact) mass is 430 g/mol. The molecule has 0 bridgehead atoms. The number of nitrogens with zero attached hydrogens (tertiary/aromatic N) is 3. The summed E-state index contributed by atoms with van der Waals surface area (Å²) in [5.41, 5.74) is 1.57. The molecule has 4 rings (SSSR count). The number of carbonyl (C=O) groups excluding carboxylic acids is 2. The van der Waals surface area contributed by atoms with E-state index in [9.17, 15) is 9.59 Å². The first-order valence-corrected chi connectivity index (χ1v) is 11.1. The third kappa shape index (κ3) is 4.81. The van der Waals surface area contributed by atoms with E-state index >= 15 is 0 Å². The lowest BCUT2D eigenvalue weighted by atomic mass is 10.3. The average molecular weight is 431 g/mol. The normalized spacial score (nSPS) is 15.5. The van der Waals surface area contributed by atoms with Crippen LogP contribution in [0.1, 0.15) is 14.7 Å². The molecule has 0 atom stereocenters. The van der Waals surface area contributed by atoms with E-state index in [4.69, 9.17) is 9.72 Å². The molecule has 0 radical (unpaired) electrons. The molecule has 3 aromatic rings.